The van der Waals surface area contributed by atoms with Crippen LogP contribution in [0.2, 0.25) is 0 Å². The van der Waals surface area contributed by atoms with Gasteiger partial charge in [0, 0.05) is 11.5 Å². The molecular weight excluding hydrogens is 298 g/mol. The molecule has 1 atom stereocenters. The van der Waals surface area contributed by atoms with Crippen LogP contribution < -0.4 is 10.1 Å². The summed E-state index contributed by atoms with van der Waals surface area (Å²) in [5, 5.41) is 3.22. The zero-order valence-electron chi connectivity index (χ0n) is 13.5. The largest absolute Gasteiger partial charge is 0.481 e. The number of hydrogen-bond acceptors (Lipinski definition) is 5. The normalized spacial score (nSPS) is 12.3. The molecule has 0 unspecified atom stereocenters. The second-order valence-corrected chi connectivity index (χ2v) is 6.34. The number of carbonyl (C=O) groups excluding carboxylic acids is 1. The molecule has 0 bridgehead atoms. The zero-order valence-corrected chi connectivity index (χ0v) is 14.3. The Kier molecular flexibility index (Phi) is 5.13. The Balaban J connectivity index is 2.09. The van der Waals surface area contributed by atoms with Gasteiger partial charge in [0.25, 0.3) is 5.91 Å². The molecular formula is C16H21N3O2S. The van der Waals surface area contributed by atoms with Gasteiger partial charge in [0.1, 0.15) is 11.6 Å². The van der Waals surface area contributed by atoms with Crippen molar-refractivity contribution in [2.45, 2.75) is 46.6 Å². The van der Waals surface area contributed by atoms with Crippen molar-refractivity contribution in [1.82, 2.24) is 9.36 Å². The Morgan fingerprint density at radius 1 is 1.27 bits per heavy atom. The quantitative estimate of drug-likeness (QED) is 0.913. The van der Waals surface area contributed by atoms with E-state index in [4.69, 9.17) is 4.74 Å². The number of amides is 1. The Labute approximate surface area is 134 Å². The van der Waals surface area contributed by atoms with E-state index in [-0.39, 0.29) is 5.91 Å². The molecule has 0 aliphatic heterocycles. The fourth-order valence-corrected chi connectivity index (χ4v) is 2.60. The van der Waals surface area contributed by atoms with Gasteiger partial charge in [-0.3, -0.25) is 10.1 Å². The average molecular weight is 319 g/mol. The van der Waals surface area contributed by atoms with Gasteiger partial charge in [-0.05, 0) is 43.9 Å². The Bertz CT molecular complexity index is 667. The third-order valence-electron chi connectivity index (χ3n) is 3.22. The van der Waals surface area contributed by atoms with Crippen LogP contribution in [0.25, 0.3) is 0 Å². The van der Waals surface area contributed by atoms with E-state index < -0.39 is 6.10 Å². The maximum absolute atomic E-state index is 12.2. The van der Waals surface area contributed by atoms with Crippen molar-refractivity contribution < 1.29 is 9.53 Å². The van der Waals surface area contributed by atoms with Crippen LogP contribution in [0.15, 0.2) is 18.2 Å². The predicted molar refractivity (Wildman–Crippen MR) is 88.6 cm³/mol. The summed E-state index contributed by atoms with van der Waals surface area (Å²) in [5.74, 6) is 1.50. The van der Waals surface area contributed by atoms with Gasteiger partial charge in [-0.25, -0.2) is 4.98 Å². The van der Waals surface area contributed by atoms with Gasteiger partial charge in [-0.15, -0.1) is 0 Å². The molecule has 0 saturated carbocycles. The van der Waals surface area contributed by atoms with Crippen LogP contribution in [0.4, 0.5) is 5.13 Å². The van der Waals surface area contributed by atoms with Gasteiger partial charge in [-0.2, -0.15) is 4.37 Å². The molecule has 1 N–H and O–H groups in total. The van der Waals surface area contributed by atoms with Crippen LogP contribution >= 0.6 is 11.5 Å². The van der Waals surface area contributed by atoms with Gasteiger partial charge in [0.15, 0.2) is 6.10 Å². The molecule has 1 amide bonds. The molecule has 5 nitrogen and oxygen atoms in total. The lowest BCUT2D eigenvalue weighted by Crippen LogP contribution is -2.30. The highest BCUT2D eigenvalue weighted by Crippen LogP contribution is 2.28. The van der Waals surface area contributed by atoms with E-state index in [9.17, 15) is 4.79 Å². The number of benzene rings is 1. The second-order valence-electron chi connectivity index (χ2n) is 5.59. The van der Waals surface area contributed by atoms with Crippen molar-refractivity contribution in [3.63, 3.8) is 0 Å². The summed E-state index contributed by atoms with van der Waals surface area (Å²) in [6.45, 7) is 9.73. The van der Waals surface area contributed by atoms with Crippen molar-refractivity contribution in [1.29, 1.82) is 0 Å². The average Bonchev–Trinajstić information content (AvgIpc) is 2.83. The van der Waals surface area contributed by atoms with E-state index in [1.807, 2.05) is 19.1 Å². The molecule has 1 heterocycles. The molecule has 0 spiro atoms. The van der Waals surface area contributed by atoms with Gasteiger partial charge in [0.2, 0.25) is 5.13 Å². The van der Waals surface area contributed by atoms with Crippen LogP contribution in [-0.4, -0.2) is 21.4 Å². The molecule has 1 aromatic heterocycles. The first-order chi connectivity index (χ1) is 10.4. The number of aromatic nitrogens is 2. The maximum Gasteiger partial charge on any atom is 0.266 e. The summed E-state index contributed by atoms with van der Waals surface area (Å²) in [4.78, 5) is 16.3. The molecule has 1 aromatic carbocycles. The summed E-state index contributed by atoms with van der Waals surface area (Å²) in [5.41, 5.74) is 2.20. The number of hydrogen-bond donors (Lipinski definition) is 1. The molecule has 6 heteroatoms. The minimum absolute atomic E-state index is 0.229. The van der Waals surface area contributed by atoms with Crippen molar-refractivity contribution in [3.8, 4) is 5.75 Å². The number of aryl methyl sites for hydroxylation is 2. The Morgan fingerprint density at radius 2 is 2.00 bits per heavy atom. The van der Waals surface area contributed by atoms with Crippen LogP contribution in [0, 0.1) is 13.8 Å². The highest BCUT2D eigenvalue weighted by molar-refractivity contribution is 7.09. The van der Waals surface area contributed by atoms with Crippen molar-refractivity contribution in [3.05, 3.63) is 35.2 Å². The fraction of sp³-hybridized carbons (Fsp3) is 0.438. The first-order valence-corrected chi connectivity index (χ1v) is 8.02. The molecule has 2 aromatic rings. The van der Waals surface area contributed by atoms with E-state index in [0.29, 0.717) is 16.9 Å². The predicted octanol–water partition coefficient (Wildman–Crippen LogP) is 3.68. The lowest BCUT2D eigenvalue weighted by Gasteiger charge is -2.18. The molecule has 2 rings (SSSR count). The lowest BCUT2D eigenvalue weighted by atomic mass is 10.0. The van der Waals surface area contributed by atoms with E-state index in [1.54, 1.807) is 13.8 Å². The molecule has 0 aliphatic rings. The topological polar surface area (TPSA) is 64.1 Å². The van der Waals surface area contributed by atoms with E-state index in [0.717, 1.165) is 28.4 Å². The fourth-order valence-electron chi connectivity index (χ4n) is 2.02. The molecule has 0 radical (unpaired) electrons. The molecule has 22 heavy (non-hydrogen) atoms. The minimum atomic E-state index is -0.608. The smallest absolute Gasteiger partial charge is 0.266 e. The maximum atomic E-state index is 12.2. The Hall–Kier alpha value is -1.95. The third kappa shape index (κ3) is 4.04. The highest BCUT2D eigenvalue weighted by atomic mass is 32.1. The van der Waals surface area contributed by atoms with Crippen molar-refractivity contribution >= 4 is 22.6 Å². The number of carbonyl (C=O) groups is 1. The number of anilines is 1. The Morgan fingerprint density at radius 3 is 2.59 bits per heavy atom. The number of nitrogens with one attached hydrogen (secondary N) is 1. The number of ether oxygens (including phenoxy) is 1. The monoisotopic (exact) mass is 319 g/mol. The summed E-state index contributed by atoms with van der Waals surface area (Å²) < 4.78 is 9.91. The molecule has 0 fully saturated rings. The van der Waals surface area contributed by atoms with Gasteiger partial charge in [0.05, 0.1) is 0 Å². The summed E-state index contributed by atoms with van der Waals surface area (Å²) in [6.07, 6.45) is -0.608. The standard InChI is InChI=1S/C16H21N3O2S/c1-9(2)13-7-6-10(3)8-14(13)21-11(4)15(20)18-16-17-12(5)19-22-16/h6-9,11H,1-5H3,(H,17,18,19,20)/t11-/m1/s1. The minimum Gasteiger partial charge on any atom is -0.481 e. The van der Waals surface area contributed by atoms with E-state index in [2.05, 4.69) is 34.6 Å². The SMILES string of the molecule is Cc1ccc(C(C)C)c(O[C@H](C)C(=O)Nc2nc(C)ns2)c1. The molecule has 0 aliphatic carbocycles. The van der Waals surface area contributed by atoms with E-state index in [1.165, 1.54) is 0 Å². The number of rotatable bonds is 5. The van der Waals surface area contributed by atoms with Gasteiger partial charge < -0.3 is 4.74 Å². The summed E-state index contributed by atoms with van der Waals surface area (Å²) in [7, 11) is 0. The summed E-state index contributed by atoms with van der Waals surface area (Å²) >= 11 is 1.16. The lowest BCUT2D eigenvalue weighted by molar-refractivity contribution is -0.122. The number of nitrogens with zero attached hydrogens (tertiary/aromatic N) is 2. The molecule has 0 saturated heterocycles. The summed E-state index contributed by atoms with van der Waals surface area (Å²) in [6, 6.07) is 6.07. The van der Waals surface area contributed by atoms with Crippen LogP contribution in [0.5, 0.6) is 5.75 Å². The van der Waals surface area contributed by atoms with Gasteiger partial charge >= 0.3 is 0 Å². The highest BCUT2D eigenvalue weighted by Gasteiger charge is 2.19. The van der Waals surface area contributed by atoms with Crippen LogP contribution in [0.1, 0.15) is 43.6 Å². The second kappa shape index (κ2) is 6.87. The molecule has 118 valence electrons. The van der Waals surface area contributed by atoms with Crippen molar-refractivity contribution in [2.24, 2.45) is 0 Å². The van der Waals surface area contributed by atoms with Gasteiger partial charge in [-0.1, -0.05) is 26.0 Å². The zero-order chi connectivity index (χ0) is 16.3. The van der Waals surface area contributed by atoms with Crippen LogP contribution in [0.3, 0.4) is 0 Å². The first-order valence-electron chi connectivity index (χ1n) is 7.25. The third-order valence-corrected chi connectivity index (χ3v) is 3.94. The van der Waals surface area contributed by atoms with E-state index >= 15 is 0 Å². The van der Waals surface area contributed by atoms with Crippen LogP contribution in [-0.2, 0) is 4.79 Å². The first kappa shape index (κ1) is 16.4. The van der Waals surface area contributed by atoms with Crippen molar-refractivity contribution in [2.75, 3.05) is 5.32 Å².